The van der Waals surface area contributed by atoms with Crippen LogP contribution < -0.4 is 19.3 Å². The highest BCUT2D eigenvalue weighted by atomic mass is 16.5. The van der Waals surface area contributed by atoms with Crippen molar-refractivity contribution in [3.05, 3.63) is 48.5 Å². The van der Waals surface area contributed by atoms with Crippen molar-refractivity contribution in [2.45, 2.75) is 44.6 Å². The van der Waals surface area contributed by atoms with Gasteiger partial charge in [-0.2, -0.15) is 0 Å². The molecule has 0 aromatic heterocycles. The smallest absolute Gasteiger partial charge is 0.259 e. The van der Waals surface area contributed by atoms with Gasteiger partial charge in [0.25, 0.3) is 11.8 Å². The maximum Gasteiger partial charge on any atom is 0.259 e. The lowest BCUT2D eigenvalue weighted by Crippen LogP contribution is -2.88. The Morgan fingerprint density at radius 3 is 1.79 bits per heavy atom. The van der Waals surface area contributed by atoms with Gasteiger partial charge in [0.05, 0.1) is 20.3 Å². The van der Waals surface area contributed by atoms with Crippen LogP contribution in [0.2, 0.25) is 0 Å². The van der Waals surface area contributed by atoms with Crippen LogP contribution in [0.3, 0.4) is 0 Å². The van der Waals surface area contributed by atoms with E-state index in [9.17, 15) is 9.59 Å². The molecule has 2 saturated heterocycles. The Bertz CT molecular complexity index is 1010. The van der Waals surface area contributed by atoms with Gasteiger partial charge in [0.2, 0.25) is 0 Å². The Balaban J connectivity index is 1.77. The van der Waals surface area contributed by atoms with Crippen LogP contribution in [-0.2, 0) is 19.1 Å². The maximum absolute atomic E-state index is 13.2. The lowest BCUT2D eigenvalue weighted by Gasteiger charge is -2.64. The molecule has 2 aliphatic heterocycles. The van der Waals surface area contributed by atoms with Crippen LogP contribution in [0, 0.1) is 0 Å². The summed E-state index contributed by atoms with van der Waals surface area (Å²) in [5.74, 6) is 1.11. The van der Waals surface area contributed by atoms with Gasteiger partial charge in [-0.3, -0.25) is 14.5 Å². The van der Waals surface area contributed by atoms with E-state index in [2.05, 4.69) is 0 Å². The summed E-state index contributed by atoms with van der Waals surface area (Å²) in [5.41, 5.74) is 0.589. The van der Waals surface area contributed by atoms with Crippen molar-refractivity contribution in [2.75, 3.05) is 37.2 Å². The molecule has 2 fully saturated rings. The van der Waals surface area contributed by atoms with E-state index in [4.69, 9.17) is 18.9 Å². The maximum atomic E-state index is 13.2. The third kappa shape index (κ3) is 3.54. The number of nitrogens with zero attached hydrogens (tertiary/aromatic N) is 2. The van der Waals surface area contributed by atoms with E-state index < -0.39 is 23.8 Å². The SMILES string of the molecule is CCO[C@@H]1C(=O)N(c2ccc(OC)cc2)[C@]1(C)[C@@H]1[C@@H](OCC)C(=O)N1c1ccc(OC)cc1. The van der Waals surface area contributed by atoms with Crippen LogP contribution >= 0.6 is 0 Å². The van der Waals surface area contributed by atoms with Gasteiger partial charge in [0, 0.05) is 24.6 Å². The highest BCUT2D eigenvalue weighted by Crippen LogP contribution is 2.49. The number of β-lactam (4-membered cyclic amide) rings is 2. The topological polar surface area (TPSA) is 77.5 Å². The number of methoxy groups -OCH3 is 2. The molecular formula is C25H30N2O6. The molecule has 0 bridgehead atoms. The number of hydrogen-bond acceptors (Lipinski definition) is 6. The second-order valence-corrected chi connectivity index (χ2v) is 8.16. The predicted molar refractivity (Wildman–Crippen MR) is 124 cm³/mol. The van der Waals surface area contributed by atoms with Gasteiger partial charge < -0.3 is 23.8 Å². The second-order valence-electron chi connectivity index (χ2n) is 8.16. The summed E-state index contributed by atoms with van der Waals surface area (Å²) in [7, 11) is 3.19. The summed E-state index contributed by atoms with van der Waals surface area (Å²) < 4.78 is 22.3. The van der Waals surface area contributed by atoms with Crippen LogP contribution in [0.1, 0.15) is 20.8 Å². The fourth-order valence-electron chi connectivity index (χ4n) is 4.89. The third-order valence-corrected chi connectivity index (χ3v) is 6.46. The van der Waals surface area contributed by atoms with Gasteiger partial charge in [-0.25, -0.2) is 0 Å². The number of rotatable bonds is 9. The van der Waals surface area contributed by atoms with Crippen molar-refractivity contribution >= 4 is 23.2 Å². The first-order chi connectivity index (χ1) is 15.9. The van der Waals surface area contributed by atoms with Crippen molar-refractivity contribution in [3.8, 4) is 11.5 Å². The largest absolute Gasteiger partial charge is 0.497 e. The summed E-state index contributed by atoms with van der Waals surface area (Å²) in [4.78, 5) is 29.9. The molecular weight excluding hydrogens is 424 g/mol. The molecule has 8 heteroatoms. The van der Waals surface area contributed by atoms with E-state index in [1.165, 1.54) is 0 Å². The Morgan fingerprint density at radius 2 is 1.30 bits per heavy atom. The van der Waals surface area contributed by atoms with Crippen LogP contribution in [-0.4, -0.2) is 63.0 Å². The lowest BCUT2D eigenvalue weighted by atomic mass is 9.69. The van der Waals surface area contributed by atoms with Crippen molar-refractivity contribution in [1.29, 1.82) is 0 Å². The van der Waals surface area contributed by atoms with Crippen molar-refractivity contribution < 1.29 is 28.5 Å². The fraction of sp³-hybridized carbons (Fsp3) is 0.440. The first-order valence-electron chi connectivity index (χ1n) is 11.1. The molecule has 33 heavy (non-hydrogen) atoms. The number of carbonyl (C=O) groups excluding carboxylic acids is 2. The monoisotopic (exact) mass is 454 g/mol. The van der Waals surface area contributed by atoms with Gasteiger partial charge >= 0.3 is 0 Å². The van der Waals surface area contributed by atoms with Crippen molar-refractivity contribution in [3.63, 3.8) is 0 Å². The van der Waals surface area contributed by atoms with Gasteiger partial charge in [-0.05, 0) is 69.3 Å². The first-order valence-corrected chi connectivity index (χ1v) is 11.1. The number of ether oxygens (including phenoxy) is 4. The van der Waals surface area contributed by atoms with Crippen LogP contribution in [0.5, 0.6) is 11.5 Å². The van der Waals surface area contributed by atoms with Gasteiger partial charge in [0.1, 0.15) is 17.0 Å². The fourth-order valence-corrected chi connectivity index (χ4v) is 4.89. The molecule has 0 radical (unpaired) electrons. The summed E-state index contributed by atoms with van der Waals surface area (Å²) in [5, 5.41) is 0. The summed E-state index contributed by atoms with van der Waals surface area (Å²) in [6.45, 7) is 6.44. The van der Waals surface area contributed by atoms with Gasteiger partial charge in [-0.15, -0.1) is 0 Å². The van der Waals surface area contributed by atoms with Gasteiger partial charge in [-0.1, -0.05) is 0 Å². The Morgan fingerprint density at radius 1 is 0.788 bits per heavy atom. The van der Waals surface area contributed by atoms with Crippen LogP contribution in [0.15, 0.2) is 48.5 Å². The third-order valence-electron chi connectivity index (χ3n) is 6.46. The highest BCUT2D eigenvalue weighted by molar-refractivity contribution is 6.12. The summed E-state index contributed by atoms with van der Waals surface area (Å²) in [6, 6.07) is 14.2. The normalized spacial score (nSPS) is 26.6. The number of anilines is 2. The second kappa shape index (κ2) is 9.03. The number of benzene rings is 2. The van der Waals surface area contributed by atoms with Crippen LogP contribution in [0.4, 0.5) is 11.4 Å². The minimum absolute atomic E-state index is 0.141. The minimum Gasteiger partial charge on any atom is -0.497 e. The van der Waals surface area contributed by atoms with E-state index >= 15 is 0 Å². The molecule has 2 amide bonds. The van der Waals surface area contributed by atoms with E-state index in [0.29, 0.717) is 36.1 Å². The Hall–Kier alpha value is -3.10. The predicted octanol–water partition coefficient (Wildman–Crippen LogP) is 3.03. The van der Waals surface area contributed by atoms with Gasteiger partial charge in [0.15, 0.2) is 12.2 Å². The summed E-state index contributed by atoms with van der Waals surface area (Å²) in [6.07, 6.45) is -1.38. The lowest BCUT2D eigenvalue weighted by molar-refractivity contribution is -0.165. The van der Waals surface area contributed by atoms with E-state index in [-0.39, 0.29) is 11.8 Å². The quantitative estimate of drug-likeness (QED) is 0.542. The zero-order chi connectivity index (χ0) is 23.8. The van der Waals surface area contributed by atoms with Crippen LogP contribution in [0.25, 0.3) is 0 Å². The molecule has 0 unspecified atom stereocenters. The zero-order valence-corrected chi connectivity index (χ0v) is 19.6. The van der Waals surface area contributed by atoms with E-state index in [0.717, 1.165) is 0 Å². The Kier molecular flexibility index (Phi) is 6.32. The zero-order valence-electron chi connectivity index (χ0n) is 19.6. The molecule has 0 saturated carbocycles. The minimum atomic E-state index is -0.838. The molecule has 2 aliphatic rings. The molecule has 176 valence electrons. The molecule has 0 N–H and O–H groups in total. The van der Waals surface area contributed by atoms with Crippen molar-refractivity contribution in [2.24, 2.45) is 0 Å². The average Bonchev–Trinajstić information content (AvgIpc) is 2.84. The number of hydrogen-bond donors (Lipinski definition) is 0. The molecule has 2 aromatic carbocycles. The first kappa shape index (κ1) is 23.1. The molecule has 0 spiro atoms. The Labute approximate surface area is 194 Å². The highest BCUT2D eigenvalue weighted by Gasteiger charge is 2.70. The molecule has 4 atom stereocenters. The number of carbonyl (C=O) groups is 2. The molecule has 4 rings (SSSR count). The standard InChI is InChI=1S/C25H30N2O6/c1-6-32-20-21(26(23(20)28)16-8-12-18(30-4)13-9-16)25(3)22(33-7-2)24(29)27(25)17-10-14-19(31-5)15-11-17/h8-15,20-22H,6-7H2,1-5H3/t20-,21+,22-,25-/m1/s1. The molecule has 8 nitrogen and oxygen atoms in total. The number of amides is 2. The molecule has 0 aliphatic carbocycles. The summed E-state index contributed by atoms with van der Waals surface area (Å²) >= 11 is 0. The molecule has 2 aromatic rings. The molecule has 2 heterocycles. The van der Waals surface area contributed by atoms with E-state index in [1.54, 1.807) is 24.0 Å². The van der Waals surface area contributed by atoms with E-state index in [1.807, 2.05) is 69.3 Å². The van der Waals surface area contributed by atoms with Crippen molar-refractivity contribution in [1.82, 2.24) is 0 Å². The average molecular weight is 455 g/mol.